The minimum absolute atomic E-state index is 0. The number of likely N-dealkylation sites (tertiary alicyclic amines) is 1. The smallest absolute Gasteiger partial charge is 0.747 e. The molecule has 2 amide bonds. The number of imide groups is 1. The summed E-state index contributed by atoms with van der Waals surface area (Å²) in [6.07, 6.45) is 0.312. The molecule has 1 rings (SSSR count). The average molecular weight is 227 g/mol. The number of carbonyl (C=O) groups excluding carboxylic acids is 2. The SMILES string of the molecule is C=CN1C(=O)CC(S(=O)(=O)[O-])C1=O.[Na+]. The van der Waals surface area contributed by atoms with Gasteiger partial charge in [-0.1, -0.05) is 6.58 Å². The van der Waals surface area contributed by atoms with Crippen molar-refractivity contribution in [2.75, 3.05) is 0 Å². The van der Waals surface area contributed by atoms with Crippen LogP contribution >= 0.6 is 0 Å². The normalized spacial score (nSPS) is 22.1. The fraction of sp³-hybridized carbons (Fsp3) is 0.333. The molecule has 1 unspecified atom stereocenters. The molecule has 1 aliphatic heterocycles. The Hall–Kier alpha value is -0.210. The Morgan fingerprint density at radius 2 is 2.00 bits per heavy atom. The maximum atomic E-state index is 11.0. The van der Waals surface area contributed by atoms with Gasteiger partial charge < -0.3 is 4.55 Å². The number of hydrogen-bond acceptors (Lipinski definition) is 5. The second kappa shape index (κ2) is 4.54. The van der Waals surface area contributed by atoms with E-state index in [1.165, 1.54) is 0 Å². The van der Waals surface area contributed by atoms with Crippen LogP contribution in [0.15, 0.2) is 12.8 Å². The Bertz CT molecular complexity index is 376. The van der Waals surface area contributed by atoms with Crippen LogP contribution in [0.1, 0.15) is 6.42 Å². The van der Waals surface area contributed by atoms with Gasteiger partial charge in [-0.15, -0.1) is 0 Å². The Kier molecular flexibility index (Phi) is 4.47. The topological polar surface area (TPSA) is 94.6 Å². The molecule has 0 N–H and O–H groups in total. The van der Waals surface area contributed by atoms with E-state index in [4.69, 9.17) is 0 Å². The number of hydrogen-bond donors (Lipinski definition) is 0. The van der Waals surface area contributed by atoms with Gasteiger partial charge in [-0.3, -0.25) is 14.5 Å². The molecule has 72 valence electrons. The Balaban J connectivity index is 0.00000169. The van der Waals surface area contributed by atoms with Crippen LogP contribution in [0.5, 0.6) is 0 Å². The molecule has 1 atom stereocenters. The summed E-state index contributed by atoms with van der Waals surface area (Å²) < 4.78 is 31.4. The first kappa shape index (κ1) is 13.8. The van der Waals surface area contributed by atoms with Crippen LogP contribution in [0.25, 0.3) is 0 Å². The number of nitrogens with zero attached hydrogens (tertiary/aromatic N) is 1. The van der Waals surface area contributed by atoms with Crippen molar-refractivity contribution in [2.45, 2.75) is 11.7 Å². The quantitative estimate of drug-likeness (QED) is 0.271. The third-order valence-electron chi connectivity index (χ3n) is 1.67. The minimum Gasteiger partial charge on any atom is -0.747 e. The molecule has 1 saturated heterocycles. The van der Waals surface area contributed by atoms with Gasteiger partial charge in [-0.2, -0.15) is 0 Å². The first-order valence-electron chi connectivity index (χ1n) is 3.31. The molecule has 0 bridgehead atoms. The van der Waals surface area contributed by atoms with Crippen LogP contribution in [-0.2, 0) is 19.7 Å². The zero-order valence-corrected chi connectivity index (χ0v) is 10.3. The van der Waals surface area contributed by atoms with E-state index in [9.17, 15) is 22.6 Å². The van der Waals surface area contributed by atoms with Crippen molar-refractivity contribution in [3.8, 4) is 0 Å². The van der Waals surface area contributed by atoms with E-state index in [-0.39, 0.29) is 29.6 Å². The van der Waals surface area contributed by atoms with Crippen LogP contribution in [0.3, 0.4) is 0 Å². The van der Waals surface area contributed by atoms with Gasteiger partial charge in [0.2, 0.25) is 5.91 Å². The van der Waals surface area contributed by atoms with Crippen LogP contribution in [0.2, 0.25) is 0 Å². The second-order valence-electron chi connectivity index (χ2n) is 2.47. The van der Waals surface area contributed by atoms with Crippen molar-refractivity contribution >= 4 is 21.9 Å². The molecule has 0 aromatic carbocycles. The van der Waals surface area contributed by atoms with E-state index in [0.717, 1.165) is 6.20 Å². The summed E-state index contributed by atoms with van der Waals surface area (Å²) in [7, 11) is -4.74. The van der Waals surface area contributed by atoms with Gasteiger partial charge in [0.1, 0.15) is 15.4 Å². The number of carbonyl (C=O) groups is 2. The molecular formula is C6H6NNaO5S. The Morgan fingerprint density at radius 3 is 2.21 bits per heavy atom. The summed E-state index contributed by atoms with van der Waals surface area (Å²) in [5, 5.41) is -1.78. The van der Waals surface area contributed by atoms with E-state index in [1.54, 1.807) is 0 Å². The third kappa shape index (κ3) is 2.43. The van der Waals surface area contributed by atoms with Gasteiger partial charge in [0.15, 0.2) is 0 Å². The van der Waals surface area contributed by atoms with Crippen molar-refractivity contribution in [2.24, 2.45) is 0 Å². The zero-order chi connectivity index (χ0) is 10.2. The molecule has 0 aromatic rings. The van der Waals surface area contributed by atoms with Crippen LogP contribution in [0, 0.1) is 0 Å². The van der Waals surface area contributed by atoms with E-state index < -0.39 is 33.6 Å². The molecule has 0 aromatic heterocycles. The maximum absolute atomic E-state index is 11.0. The summed E-state index contributed by atoms with van der Waals surface area (Å²) in [5.74, 6) is -1.74. The molecule has 1 aliphatic rings. The van der Waals surface area contributed by atoms with Crippen molar-refractivity contribution in [3.63, 3.8) is 0 Å². The van der Waals surface area contributed by atoms with Gasteiger partial charge >= 0.3 is 29.6 Å². The predicted octanol–water partition coefficient (Wildman–Crippen LogP) is -4.19. The van der Waals surface area contributed by atoms with Crippen LogP contribution in [-0.4, -0.2) is 34.9 Å². The maximum Gasteiger partial charge on any atom is 1.00 e. The van der Waals surface area contributed by atoms with Crippen LogP contribution < -0.4 is 29.6 Å². The van der Waals surface area contributed by atoms with Gasteiger partial charge in [-0.05, 0) is 0 Å². The first-order valence-corrected chi connectivity index (χ1v) is 4.78. The molecule has 14 heavy (non-hydrogen) atoms. The Morgan fingerprint density at radius 1 is 1.50 bits per heavy atom. The predicted molar refractivity (Wildman–Crippen MR) is 40.2 cm³/mol. The third-order valence-corrected chi connectivity index (χ3v) is 2.74. The molecule has 0 saturated carbocycles. The van der Waals surface area contributed by atoms with E-state index in [1.807, 2.05) is 0 Å². The molecular weight excluding hydrogens is 221 g/mol. The molecule has 1 fully saturated rings. The summed E-state index contributed by atoms with van der Waals surface area (Å²) in [6.45, 7) is 3.15. The molecule has 0 aliphatic carbocycles. The summed E-state index contributed by atoms with van der Waals surface area (Å²) in [4.78, 5) is 22.5. The molecule has 8 heteroatoms. The summed E-state index contributed by atoms with van der Waals surface area (Å²) >= 11 is 0. The summed E-state index contributed by atoms with van der Waals surface area (Å²) in [6, 6.07) is 0. The fourth-order valence-electron chi connectivity index (χ4n) is 1.04. The van der Waals surface area contributed by atoms with E-state index in [0.29, 0.717) is 4.90 Å². The van der Waals surface area contributed by atoms with E-state index in [2.05, 4.69) is 6.58 Å². The minimum atomic E-state index is -4.74. The first-order chi connectivity index (χ1) is 5.88. The van der Waals surface area contributed by atoms with Crippen LogP contribution in [0.4, 0.5) is 0 Å². The molecule has 1 heterocycles. The van der Waals surface area contributed by atoms with Gasteiger partial charge in [-0.25, -0.2) is 8.42 Å². The fourth-order valence-corrected chi connectivity index (χ4v) is 1.75. The van der Waals surface area contributed by atoms with Crippen molar-refractivity contribution in [3.05, 3.63) is 12.8 Å². The second-order valence-corrected chi connectivity index (χ2v) is 4.02. The molecule has 0 radical (unpaired) electrons. The largest absolute Gasteiger partial charge is 1.00 e. The van der Waals surface area contributed by atoms with Crippen molar-refractivity contribution in [1.29, 1.82) is 0 Å². The van der Waals surface area contributed by atoms with Gasteiger partial charge in [0, 0.05) is 6.20 Å². The molecule has 6 nitrogen and oxygen atoms in total. The zero-order valence-electron chi connectivity index (χ0n) is 7.47. The summed E-state index contributed by atoms with van der Waals surface area (Å²) in [5.41, 5.74) is 0. The van der Waals surface area contributed by atoms with Crippen molar-refractivity contribution < 1.29 is 52.1 Å². The van der Waals surface area contributed by atoms with E-state index >= 15 is 0 Å². The number of amides is 2. The standard InChI is InChI=1S/C6H7NO5S.Na/c1-2-7-5(8)3-4(6(7)9)13(10,11)12;/h2,4H,1,3H2,(H,10,11,12);/q;+1/p-1. The molecule has 0 spiro atoms. The van der Waals surface area contributed by atoms with Gasteiger partial charge in [0.25, 0.3) is 5.91 Å². The monoisotopic (exact) mass is 227 g/mol. The average Bonchev–Trinajstić information content (AvgIpc) is 2.25. The Labute approximate surface area is 103 Å². The van der Waals surface area contributed by atoms with Crippen molar-refractivity contribution in [1.82, 2.24) is 4.90 Å². The van der Waals surface area contributed by atoms with Gasteiger partial charge in [0.05, 0.1) is 6.42 Å². The number of rotatable bonds is 2.